The van der Waals surface area contributed by atoms with Gasteiger partial charge in [0, 0.05) is 20.7 Å². The number of carbonyl (C=O) groups is 1. The highest BCUT2D eigenvalue weighted by atomic mass is 79.9. The van der Waals surface area contributed by atoms with Gasteiger partial charge in [-0.3, -0.25) is 4.79 Å². The Bertz CT molecular complexity index is 620. The fourth-order valence-electron chi connectivity index (χ4n) is 1.79. The number of nitrogens with one attached hydrogen (secondary N) is 1. The quantitative estimate of drug-likeness (QED) is 0.823. The Morgan fingerprint density at radius 2 is 1.89 bits per heavy atom. The van der Waals surface area contributed by atoms with Crippen LogP contribution in [0.5, 0.6) is 0 Å². The van der Waals surface area contributed by atoms with Gasteiger partial charge in [-0.05, 0) is 61.4 Å². The lowest BCUT2D eigenvalue weighted by atomic mass is 10.1. The summed E-state index contributed by atoms with van der Waals surface area (Å²) in [5.41, 5.74) is 3.36. The highest BCUT2D eigenvalue weighted by molar-refractivity contribution is 9.10. The van der Waals surface area contributed by atoms with Crippen molar-refractivity contribution in [3.05, 3.63) is 62.6 Å². The summed E-state index contributed by atoms with van der Waals surface area (Å²) in [4.78, 5) is 12.1. The van der Waals surface area contributed by atoms with E-state index in [1.54, 1.807) is 6.07 Å². The minimum atomic E-state index is -0.160. The topological polar surface area (TPSA) is 29.1 Å². The molecule has 98 valence electrons. The Morgan fingerprint density at radius 3 is 2.53 bits per heavy atom. The number of aryl methyl sites for hydroxylation is 2. The molecule has 2 aromatic rings. The fraction of sp³-hybridized carbons (Fsp3) is 0.133. The highest BCUT2D eigenvalue weighted by Crippen LogP contribution is 2.21. The van der Waals surface area contributed by atoms with E-state index >= 15 is 0 Å². The molecule has 0 spiro atoms. The summed E-state index contributed by atoms with van der Waals surface area (Å²) in [6.07, 6.45) is 0. The van der Waals surface area contributed by atoms with Crippen LogP contribution in [0.15, 0.2) is 40.9 Å². The highest BCUT2D eigenvalue weighted by Gasteiger charge is 2.08. The zero-order valence-electron chi connectivity index (χ0n) is 10.6. The van der Waals surface area contributed by atoms with Gasteiger partial charge in [0.1, 0.15) is 0 Å². The summed E-state index contributed by atoms with van der Waals surface area (Å²) in [7, 11) is 0. The maximum Gasteiger partial charge on any atom is 0.255 e. The molecule has 0 aliphatic rings. The summed E-state index contributed by atoms with van der Waals surface area (Å²) in [5.74, 6) is -0.160. The normalized spacial score (nSPS) is 10.3. The molecule has 19 heavy (non-hydrogen) atoms. The predicted molar refractivity (Wildman–Crippen MR) is 83.0 cm³/mol. The summed E-state index contributed by atoms with van der Waals surface area (Å²) in [6.45, 7) is 3.88. The summed E-state index contributed by atoms with van der Waals surface area (Å²) in [6, 6.07) is 11.0. The van der Waals surface area contributed by atoms with Crippen molar-refractivity contribution in [3.8, 4) is 0 Å². The molecular weight excluding hydrogens is 326 g/mol. The van der Waals surface area contributed by atoms with Crippen LogP contribution in [0.25, 0.3) is 0 Å². The zero-order chi connectivity index (χ0) is 14.0. The largest absolute Gasteiger partial charge is 0.322 e. The maximum atomic E-state index is 12.1. The molecular formula is C15H13BrClNO. The Labute approximate surface area is 125 Å². The SMILES string of the molecule is Cc1cc(Cl)cc(C(=O)Nc2ccc(Br)c(C)c2)c1. The molecule has 0 aromatic heterocycles. The first-order valence-corrected chi connectivity index (χ1v) is 6.97. The molecule has 2 rings (SSSR count). The van der Waals surface area contributed by atoms with Gasteiger partial charge in [0.25, 0.3) is 5.91 Å². The van der Waals surface area contributed by atoms with Gasteiger partial charge in [0.15, 0.2) is 0 Å². The molecule has 0 fully saturated rings. The second-order valence-corrected chi connectivity index (χ2v) is 5.73. The lowest BCUT2D eigenvalue weighted by Crippen LogP contribution is -2.12. The van der Waals surface area contributed by atoms with Crippen molar-refractivity contribution in [3.63, 3.8) is 0 Å². The maximum absolute atomic E-state index is 12.1. The van der Waals surface area contributed by atoms with Gasteiger partial charge in [-0.25, -0.2) is 0 Å². The first-order chi connectivity index (χ1) is 8.95. The van der Waals surface area contributed by atoms with E-state index in [4.69, 9.17) is 11.6 Å². The molecule has 0 atom stereocenters. The van der Waals surface area contributed by atoms with Crippen LogP contribution in [0.1, 0.15) is 21.5 Å². The van der Waals surface area contributed by atoms with Crippen molar-refractivity contribution < 1.29 is 4.79 Å². The molecule has 0 aliphatic carbocycles. The molecule has 0 unspecified atom stereocenters. The number of anilines is 1. The van der Waals surface area contributed by atoms with E-state index in [2.05, 4.69) is 21.2 Å². The number of benzene rings is 2. The summed E-state index contributed by atoms with van der Waals surface area (Å²) < 4.78 is 1.02. The van der Waals surface area contributed by atoms with Crippen molar-refractivity contribution in [2.45, 2.75) is 13.8 Å². The molecule has 0 radical (unpaired) electrons. The Hall–Kier alpha value is -1.32. The predicted octanol–water partition coefficient (Wildman–Crippen LogP) is 4.97. The molecule has 1 amide bonds. The third-order valence-corrected chi connectivity index (χ3v) is 3.83. The van der Waals surface area contributed by atoms with Crippen molar-refractivity contribution in [2.75, 3.05) is 5.32 Å². The molecule has 0 saturated carbocycles. The number of hydrogen-bond donors (Lipinski definition) is 1. The summed E-state index contributed by atoms with van der Waals surface area (Å²) >= 11 is 9.39. The Morgan fingerprint density at radius 1 is 1.16 bits per heavy atom. The van der Waals surface area contributed by atoms with Gasteiger partial charge >= 0.3 is 0 Å². The second-order valence-electron chi connectivity index (χ2n) is 4.44. The second kappa shape index (κ2) is 5.76. The minimum Gasteiger partial charge on any atom is -0.322 e. The van der Waals surface area contributed by atoms with Crippen LogP contribution < -0.4 is 5.32 Å². The van der Waals surface area contributed by atoms with Crippen LogP contribution in [0.3, 0.4) is 0 Å². The van der Waals surface area contributed by atoms with Crippen molar-refractivity contribution >= 4 is 39.1 Å². The van der Waals surface area contributed by atoms with Crippen molar-refractivity contribution in [1.82, 2.24) is 0 Å². The molecule has 0 saturated heterocycles. The third-order valence-electron chi connectivity index (χ3n) is 2.72. The van der Waals surface area contributed by atoms with Gasteiger partial charge in [0.05, 0.1) is 0 Å². The lowest BCUT2D eigenvalue weighted by molar-refractivity contribution is 0.102. The van der Waals surface area contributed by atoms with Crippen LogP contribution in [0.2, 0.25) is 5.02 Å². The Balaban J connectivity index is 2.22. The van der Waals surface area contributed by atoms with E-state index in [-0.39, 0.29) is 5.91 Å². The van der Waals surface area contributed by atoms with Gasteiger partial charge in [-0.1, -0.05) is 27.5 Å². The molecule has 0 aliphatic heterocycles. The van der Waals surface area contributed by atoms with E-state index < -0.39 is 0 Å². The van der Waals surface area contributed by atoms with Crippen LogP contribution in [0, 0.1) is 13.8 Å². The van der Waals surface area contributed by atoms with Crippen LogP contribution in [0.4, 0.5) is 5.69 Å². The van der Waals surface area contributed by atoms with Crippen LogP contribution >= 0.6 is 27.5 Å². The average molecular weight is 339 g/mol. The molecule has 0 heterocycles. The fourth-order valence-corrected chi connectivity index (χ4v) is 2.33. The number of rotatable bonds is 2. The monoisotopic (exact) mass is 337 g/mol. The van der Waals surface area contributed by atoms with Crippen LogP contribution in [-0.4, -0.2) is 5.91 Å². The first-order valence-electron chi connectivity index (χ1n) is 5.80. The molecule has 2 aromatic carbocycles. The number of carbonyl (C=O) groups excluding carboxylic acids is 1. The van der Waals surface area contributed by atoms with Gasteiger partial charge < -0.3 is 5.32 Å². The molecule has 2 nitrogen and oxygen atoms in total. The van der Waals surface area contributed by atoms with E-state index in [1.165, 1.54) is 0 Å². The van der Waals surface area contributed by atoms with Crippen molar-refractivity contribution in [2.24, 2.45) is 0 Å². The number of halogens is 2. The summed E-state index contributed by atoms with van der Waals surface area (Å²) in [5, 5.41) is 3.43. The van der Waals surface area contributed by atoms with E-state index in [0.29, 0.717) is 10.6 Å². The van der Waals surface area contributed by atoms with Gasteiger partial charge in [-0.2, -0.15) is 0 Å². The molecule has 0 bridgehead atoms. The molecule has 1 N–H and O–H groups in total. The lowest BCUT2D eigenvalue weighted by Gasteiger charge is -2.08. The minimum absolute atomic E-state index is 0.160. The smallest absolute Gasteiger partial charge is 0.255 e. The van der Waals surface area contributed by atoms with E-state index in [9.17, 15) is 4.79 Å². The first kappa shape index (κ1) is 14.1. The standard InChI is InChI=1S/C15H13BrClNO/c1-9-5-11(8-12(17)6-9)15(19)18-13-3-4-14(16)10(2)7-13/h3-8H,1-2H3,(H,18,19). The Kier molecular flexibility index (Phi) is 4.27. The van der Waals surface area contributed by atoms with Gasteiger partial charge in [0.2, 0.25) is 0 Å². The molecule has 4 heteroatoms. The van der Waals surface area contributed by atoms with Gasteiger partial charge in [-0.15, -0.1) is 0 Å². The van der Waals surface area contributed by atoms with E-state index in [0.717, 1.165) is 21.3 Å². The average Bonchev–Trinajstić information content (AvgIpc) is 2.32. The van der Waals surface area contributed by atoms with E-state index in [1.807, 2.05) is 44.2 Å². The zero-order valence-corrected chi connectivity index (χ0v) is 13.0. The third kappa shape index (κ3) is 3.58. The van der Waals surface area contributed by atoms with Crippen molar-refractivity contribution in [1.29, 1.82) is 0 Å². The number of hydrogen-bond acceptors (Lipinski definition) is 1. The number of amides is 1. The van der Waals surface area contributed by atoms with Crippen LogP contribution in [-0.2, 0) is 0 Å².